The maximum atomic E-state index is 14.7. The monoisotopic (exact) mass is 1370 g/mol. The van der Waals surface area contributed by atoms with Crippen molar-refractivity contribution in [3.63, 3.8) is 0 Å². The van der Waals surface area contributed by atoms with E-state index in [0.29, 0.717) is 58.2 Å². The summed E-state index contributed by atoms with van der Waals surface area (Å²) in [5.74, 6) is -5.70. The van der Waals surface area contributed by atoms with E-state index in [1.165, 1.54) is 120 Å². The minimum absolute atomic E-state index is 0. The normalized spacial score (nSPS) is 28.0. The largest absolute Gasteiger partial charge is 2.00 e. The van der Waals surface area contributed by atoms with Gasteiger partial charge in [0.2, 0.25) is 0 Å². The molecule has 1 radical (unpaired) electrons. The molecule has 0 N–H and O–H groups in total. The first kappa shape index (κ1) is 82.2. The van der Waals surface area contributed by atoms with E-state index in [2.05, 4.69) is 20.8 Å². The van der Waals surface area contributed by atoms with Crippen molar-refractivity contribution >= 4 is 58.9 Å². The molecule has 0 saturated carbocycles. The Kier molecular flexibility index (Phi) is 33.1. The van der Waals surface area contributed by atoms with E-state index >= 15 is 0 Å². The Hall–Kier alpha value is -5.04. The van der Waals surface area contributed by atoms with Crippen LogP contribution in [0.3, 0.4) is 0 Å². The van der Waals surface area contributed by atoms with E-state index in [0.717, 1.165) is 19.3 Å². The van der Waals surface area contributed by atoms with Crippen molar-refractivity contribution in [2.45, 2.75) is 247 Å². The summed E-state index contributed by atoms with van der Waals surface area (Å²) in [5, 5.41) is 5.57. The summed E-state index contributed by atoms with van der Waals surface area (Å²) in [6.07, 6.45) is 21.9. The Morgan fingerprint density at radius 1 is 0.548 bits per heavy atom. The molecule has 0 aliphatic carbocycles. The van der Waals surface area contributed by atoms with Crippen LogP contribution >= 0.6 is 0 Å². The van der Waals surface area contributed by atoms with Gasteiger partial charge >= 0.3 is 58.6 Å². The molecule has 0 spiro atoms. The number of aliphatic imine (C=N–C) groups is 3. The number of unbranched alkanes of at least 4 members (excludes halogenated alkanes) is 15. The number of nitrogens with zero attached hydrogens (tertiary/aromatic N) is 4. The maximum Gasteiger partial charge on any atom is 2.00 e. The first-order valence-corrected chi connectivity index (χ1v) is 34.4. The molecule has 1 saturated heterocycles. The molecule has 5 aliphatic rings. The van der Waals surface area contributed by atoms with Crippen LogP contribution in [0, 0.1) is 55.6 Å². The minimum atomic E-state index is -4.94. The third-order valence-corrected chi connectivity index (χ3v) is 20.8. The molecule has 0 aromatic rings. The second kappa shape index (κ2) is 37.5. The Morgan fingerprint density at radius 3 is 1.46 bits per heavy atom. The molecule has 0 amide bonds. The number of rotatable bonds is 35. The fourth-order valence-corrected chi connectivity index (χ4v) is 15.0. The third kappa shape index (κ3) is 21.5. The van der Waals surface area contributed by atoms with Crippen LogP contribution in [0.1, 0.15) is 236 Å². The van der Waals surface area contributed by atoms with Crippen molar-refractivity contribution < 1.29 is 112 Å². The Morgan fingerprint density at radius 2 is 0.989 bits per heavy atom. The van der Waals surface area contributed by atoms with Crippen LogP contribution in [0.25, 0.3) is 5.32 Å². The number of hydrogen-bond acceptors (Lipinski definition) is 21. The number of methoxy groups -OCH3 is 6. The van der Waals surface area contributed by atoms with Crippen molar-refractivity contribution in [2.24, 2.45) is 60.3 Å². The smallest absolute Gasteiger partial charge is 0.664 e. The molecule has 0 unspecified atom stereocenters. The SMILES string of the molecule is CCCCCCCCCCCCCCCCCCOC(=O)C[C@]1(C)/C2=C(\C)C3=N[C@@](C)([C@@H]4N=C(/C(C)=C5N=C(/C=C(\[N-]2)[C@H]1CCC(=O)OC)C(C)(C)[C@@H]\5CCC(=O)OC)[C@](C)(CCC(=O)OC)[C@H]4CC(=O)OC)[C@@](C)(CC(=O)OC)[C@@H]3CCC(=O)OC.[Co+2].[O-][Cl+3]([O-])([O-])[O-]. The molecule has 24 heteroatoms. The average Bonchev–Trinajstić information content (AvgIpc) is 1.53. The molecular weight excluding hydrogens is 1270 g/mol. The quantitative estimate of drug-likeness (QED) is 0.0324. The predicted octanol–water partition coefficient (Wildman–Crippen LogP) is 9.20. The number of carbonyl (C=O) groups excluding carboxylic acids is 7. The zero-order chi connectivity index (χ0) is 68.8. The average molecular weight is 1380 g/mol. The van der Waals surface area contributed by atoms with Crippen molar-refractivity contribution in [2.75, 3.05) is 49.3 Å². The van der Waals surface area contributed by atoms with Gasteiger partial charge in [-0.2, -0.15) is 5.70 Å². The Bertz CT molecular complexity index is 2770. The van der Waals surface area contributed by atoms with Gasteiger partial charge in [-0.3, -0.25) is 48.5 Å². The topological polar surface area (TPSA) is 328 Å². The Labute approximate surface area is 565 Å². The number of carbonyl (C=O) groups is 7. The summed E-state index contributed by atoms with van der Waals surface area (Å²) in [6, 6.07) is -0.903. The molecule has 8 bridgehead atoms. The summed E-state index contributed by atoms with van der Waals surface area (Å²) in [6.45, 7) is 18.3. The van der Waals surface area contributed by atoms with Crippen molar-refractivity contribution in [3.05, 3.63) is 39.6 Å². The fourth-order valence-electron chi connectivity index (χ4n) is 15.0. The number of ether oxygens (including phenoxy) is 7. The number of allylic oxidation sites excluding steroid dienone is 6. The van der Waals surface area contributed by atoms with Crippen molar-refractivity contribution in [1.82, 2.24) is 0 Å². The van der Waals surface area contributed by atoms with Gasteiger partial charge in [-0.15, -0.1) is 15.9 Å². The summed E-state index contributed by atoms with van der Waals surface area (Å²) in [4.78, 5) is 113. The predicted molar refractivity (Wildman–Crippen MR) is 337 cm³/mol. The molecule has 93 heavy (non-hydrogen) atoms. The number of halogens is 1. The Balaban J connectivity index is 0.00000361. The fraction of sp³-hybridized carbons (Fsp3) is 0.768. The van der Waals surface area contributed by atoms with E-state index in [-0.39, 0.29) is 87.6 Å². The van der Waals surface area contributed by atoms with Crippen LogP contribution in [-0.2, 0) is 83.5 Å². The van der Waals surface area contributed by atoms with E-state index in [4.69, 9.17) is 72.1 Å². The summed E-state index contributed by atoms with van der Waals surface area (Å²) < 4.78 is 72.0. The van der Waals surface area contributed by atoms with Gasteiger partial charge in [-0.25, -0.2) is 18.6 Å². The number of esters is 7. The molecule has 5 heterocycles. The molecule has 22 nitrogen and oxygen atoms in total. The number of fused-ring (bicyclic) bond motifs is 6. The minimum Gasteiger partial charge on any atom is -0.664 e. The second-order valence-electron chi connectivity index (χ2n) is 27.0. The van der Waals surface area contributed by atoms with Crippen LogP contribution in [0.2, 0.25) is 0 Å². The van der Waals surface area contributed by atoms with Gasteiger partial charge in [0.1, 0.15) is 0 Å². The maximum absolute atomic E-state index is 14.7. The third-order valence-electron chi connectivity index (χ3n) is 20.8. The van der Waals surface area contributed by atoms with Gasteiger partial charge < -0.3 is 38.5 Å². The standard InChI is InChI=1S/C69H107N4O14.ClHO4.Co/c1-16-17-18-19-20-21-22-23-24-25-26-27-28-29-30-31-40-87-59(80)43-67(7)47(32-35-53(74)81-10)51-42-52-65(4,5)48(33-36-54(75)82-11)60(71-52)45(2)62-66(6,39-38-56(77)84-13)50(41-57(78)85-14)64(72-62)69(9)68(8,44-58(79)86-15)49(34-37-55(76)83-12)61(73-69)46(3)63(67)70-51;2-1(3,4)5;/h42,47-50,64H,16-41,43-44H2,1-15H3;(H,2,3,4,5);/q-1;;+2/p-1/t47-,48-,49-,50+,64-,66-,67+,68+,69+;;/m1../s1. The summed E-state index contributed by atoms with van der Waals surface area (Å²) in [7, 11) is 3.04. The van der Waals surface area contributed by atoms with Crippen LogP contribution in [-0.4, -0.2) is 120 Å². The summed E-state index contributed by atoms with van der Waals surface area (Å²) >= 11 is 0. The molecule has 5 rings (SSSR count). The number of hydrogen-bond donors (Lipinski definition) is 0. The first-order valence-electron chi connectivity index (χ1n) is 33.1. The van der Waals surface area contributed by atoms with E-state index in [1.807, 2.05) is 47.6 Å². The molecular formula is C69H107ClCoN4O18. The van der Waals surface area contributed by atoms with Gasteiger partial charge in [0.05, 0.1) is 80.1 Å². The van der Waals surface area contributed by atoms with Gasteiger partial charge in [0, 0.05) is 82.5 Å². The van der Waals surface area contributed by atoms with Crippen LogP contribution in [0.15, 0.2) is 49.3 Å². The first-order chi connectivity index (χ1) is 43.3. The molecule has 0 aromatic carbocycles. The van der Waals surface area contributed by atoms with E-state index in [1.54, 1.807) is 0 Å². The van der Waals surface area contributed by atoms with Gasteiger partial charge in [0.15, 0.2) is 0 Å². The zero-order valence-corrected chi connectivity index (χ0v) is 59.9. The van der Waals surface area contributed by atoms with Gasteiger partial charge in [-0.05, 0) is 75.4 Å². The molecule has 1 fully saturated rings. The summed E-state index contributed by atoms with van der Waals surface area (Å²) in [5.41, 5.74) is -0.898. The van der Waals surface area contributed by atoms with Gasteiger partial charge in [0.25, 0.3) is 0 Å². The molecule has 527 valence electrons. The molecule has 0 aromatic heterocycles. The van der Waals surface area contributed by atoms with Gasteiger partial charge in [-0.1, -0.05) is 144 Å². The van der Waals surface area contributed by atoms with E-state index < -0.39 is 109 Å². The zero-order valence-electron chi connectivity index (χ0n) is 58.1. The van der Waals surface area contributed by atoms with E-state index in [9.17, 15) is 33.6 Å². The second-order valence-corrected chi connectivity index (χ2v) is 27.8. The van der Waals surface area contributed by atoms with Crippen LogP contribution in [0.4, 0.5) is 0 Å². The molecule has 5 aliphatic heterocycles. The van der Waals surface area contributed by atoms with Crippen LogP contribution < -0.4 is 18.6 Å². The van der Waals surface area contributed by atoms with Crippen LogP contribution in [0.5, 0.6) is 0 Å². The van der Waals surface area contributed by atoms with Crippen molar-refractivity contribution in [3.8, 4) is 0 Å². The molecule has 9 atom stereocenters. The van der Waals surface area contributed by atoms with Crippen molar-refractivity contribution in [1.29, 1.82) is 0 Å².